The Morgan fingerprint density at radius 3 is 2.50 bits per heavy atom. The molecule has 0 amide bonds. The highest BCUT2D eigenvalue weighted by Gasteiger charge is 2.34. The van der Waals surface area contributed by atoms with Crippen LogP contribution >= 0.6 is 0 Å². The number of aliphatic carboxylic acids is 1. The van der Waals surface area contributed by atoms with Crippen molar-refractivity contribution in [3.8, 4) is 0 Å². The summed E-state index contributed by atoms with van der Waals surface area (Å²) in [7, 11) is 3.63. The van der Waals surface area contributed by atoms with Gasteiger partial charge in [-0.1, -0.05) is 5.16 Å². The summed E-state index contributed by atoms with van der Waals surface area (Å²) in [5.41, 5.74) is -1.04. The van der Waals surface area contributed by atoms with Crippen molar-refractivity contribution >= 4 is 11.8 Å². The first-order valence-electron chi connectivity index (χ1n) is 4.23. The lowest BCUT2D eigenvalue weighted by Gasteiger charge is -2.14. The molecule has 0 atom stereocenters. The lowest BCUT2D eigenvalue weighted by Crippen LogP contribution is -2.27. The molecule has 0 aliphatic heterocycles. The Hall–Kier alpha value is -1.52. The second-order valence-electron chi connectivity index (χ2n) is 3.87. The summed E-state index contributed by atoms with van der Waals surface area (Å²) in [6, 6.07) is 1.63. The number of carboxylic acid groups (broad SMARTS) is 1. The molecule has 5 nitrogen and oxygen atoms in total. The average Bonchev–Trinajstić information content (AvgIpc) is 2.51. The van der Waals surface area contributed by atoms with Crippen molar-refractivity contribution < 1.29 is 14.4 Å². The molecular formula is C9H14N2O3. The maximum absolute atomic E-state index is 10.9. The number of hydrogen-bond donors (Lipinski definition) is 1. The van der Waals surface area contributed by atoms with Gasteiger partial charge >= 0.3 is 5.97 Å². The van der Waals surface area contributed by atoms with Gasteiger partial charge in [0.05, 0.1) is 0 Å². The summed E-state index contributed by atoms with van der Waals surface area (Å²) in [6.45, 7) is 3.16. The molecule has 0 saturated carbocycles. The van der Waals surface area contributed by atoms with E-state index in [1.807, 2.05) is 14.1 Å². The fourth-order valence-electron chi connectivity index (χ4n) is 0.877. The quantitative estimate of drug-likeness (QED) is 0.787. The van der Waals surface area contributed by atoms with Crippen LogP contribution in [0.1, 0.15) is 19.6 Å². The fourth-order valence-corrected chi connectivity index (χ4v) is 0.877. The van der Waals surface area contributed by atoms with E-state index in [2.05, 4.69) is 5.16 Å². The molecule has 5 heteroatoms. The van der Waals surface area contributed by atoms with Gasteiger partial charge in [-0.2, -0.15) is 0 Å². The van der Waals surface area contributed by atoms with Gasteiger partial charge in [0.25, 0.3) is 0 Å². The van der Waals surface area contributed by atoms with Crippen molar-refractivity contribution in [2.75, 3.05) is 19.0 Å². The highest BCUT2D eigenvalue weighted by atomic mass is 16.5. The van der Waals surface area contributed by atoms with Crippen molar-refractivity contribution in [1.29, 1.82) is 0 Å². The molecule has 0 aromatic carbocycles. The van der Waals surface area contributed by atoms with Gasteiger partial charge in [-0.3, -0.25) is 4.79 Å². The van der Waals surface area contributed by atoms with Gasteiger partial charge in [-0.25, -0.2) is 0 Å². The molecule has 0 saturated heterocycles. The minimum absolute atomic E-state index is 0.355. The minimum atomic E-state index is -1.04. The first kappa shape index (κ1) is 10.6. The summed E-state index contributed by atoms with van der Waals surface area (Å²) in [6.07, 6.45) is 0. The van der Waals surface area contributed by atoms with Crippen LogP contribution in [0.5, 0.6) is 0 Å². The first-order valence-corrected chi connectivity index (χ1v) is 4.23. The zero-order valence-corrected chi connectivity index (χ0v) is 8.74. The van der Waals surface area contributed by atoms with Crippen LogP contribution in [-0.4, -0.2) is 30.3 Å². The van der Waals surface area contributed by atoms with Gasteiger partial charge in [0, 0.05) is 20.2 Å². The van der Waals surface area contributed by atoms with E-state index >= 15 is 0 Å². The first-order chi connectivity index (χ1) is 6.35. The Morgan fingerprint density at radius 1 is 1.57 bits per heavy atom. The van der Waals surface area contributed by atoms with Crippen LogP contribution in [0.4, 0.5) is 5.82 Å². The molecular weight excluding hydrogens is 184 g/mol. The van der Waals surface area contributed by atoms with Crippen molar-refractivity contribution in [2.45, 2.75) is 19.3 Å². The van der Waals surface area contributed by atoms with Crippen LogP contribution in [0.15, 0.2) is 10.6 Å². The lowest BCUT2D eigenvalue weighted by atomic mass is 9.91. The second-order valence-corrected chi connectivity index (χ2v) is 3.87. The third kappa shape index (κ3) is 1.71. The van der Waals surface area contributed by atoms with Crippen LogP contribution in [0, 0.1) is 0 Å². The molecule has 1 aromatic rings. The molecule has 78 valence electrons. The summed E-state index contributed by atoms with van der Waals surface area (Å²) in [5.74, 6) is 0.0435. The van der Waals surface area contributed by atoms with E-state index in [-0.39, 0.29) is 0 Å². The molecule has 0 unspecified atom stereocenters. The monoisotopic (exact) mass is 198 g/mol. The van der Waals surface area contributed by atoms with E-state index in [1.54, 1.807) is 24.8 Å². The van der Waals surface area contributed by atoms with Crippen molar-refractivity contribution in [3.63, 3.8) is 0 Å². The van der Waals surface area contributed by atoms with E-state index < -0.39 is 11.4 Å². The molecule has 0 bridgehead atoms. The Kier molecular flexibility index (Phi) is 2.51. The predicted molar refractivity (Wildman–Crippen MR) is 51.5 cm³/mol. The molecule has 14 heavy (non-hydrogen) atoms. The predicted octanol–water partition coefficient (Wildman–Crippen LogP) is 1.10. The number of rotatable bonds is 3. The Bertz CT molecular complexity index is 342. The Balaban J connectivity index is 3.03. The standard InChI is InChI=1S/C9H14N2O3/c1-9(2,8(12)13)6-5-7(10-14-6)11(3)4/h5H,1-4H3,(H,12,13). The molecule has 0 spiro atoms. The second kappa shape index (κ2) is 3.32. The molecule has 1 aromatic heterocycles. The molecule has 0 aliphatic rings. The third-order valence-corrected chi connectivity index (χ3v) is 2.11. The summed E-state index contributed by atoms with van der Waals surface area (Å²) in [4.78, 5) is 12.7. The maximum atomic E-state index is 10.9. The highest BCUT2D eigenvalue weighted by Crippen LogP contribution is 2.26. The number of carbonyl (C=O) groups is 1. The van der Waals surface area contributed by atoms with E-state index in [0.29, 0.717) is 11.6 Å². The molecule has 0 fully saturated rings. The third-order valence-electron chi connectivity index (χ3n) is 2.11. The van der Waals surface area contributed by atoms with Gasteiger partial charge in [-0.15, -0.1) is 0 Å². The van der Waals surface area contributed by atoms with Gasteiger partial charge in [-0.05, 0) is 13.8 Å². The Morgan fingerprint density at radius 2 is 2.14 bits per heavy atom. The van der Waals surface area contributed by atoms with Crippen LogP contribution in [0.25, 0.3) is 0 Å². The van der Waals surface area contributed by atoms with Crippen molar-refractivity contribution in [2.24, 2.45) is 0 Å². The topological polar surface area (TPSA) is 66.6 Å². The minimum Gasteiger partial charge on any atom is -0.481 e. The number of carboxylic acids is 1. The van der Waals surface area contributed by atoms with Crippen LogP contribution < -0.4 is 4.90 Å². The highest BCUT2D eigenvalue weighted by molar-refractivity contribution is 5.79. The Labute approximate surface area is 82.3 Å². The molecule has 0 radical (unpaired) electrons. The van der Waals surface area contributed by atoms with Gasteiger partial charge in [0.15, 0.2) is 11.6 Å². The van der Waals surface area contributed by atoms with Gasteiger partial charge in [0.2, 0.25) is 0 Å². The summed E-state index contributed by atoms with van der Waals surface area (Å²) >= 11 is 0. The molecule has 1 heterocycles. The number of aromatic nitrogens is 1. The fraction of sp³-hybridized carbons (Fsp3) is 0.556. The van der Waals surface area contributed by atoms with Crippen LogP contribution in [-0.2, 0) is 10.2 Å². The van der Waals surface area contributed by atoms with Gasteiger partial charge in [0.1, 0.15) is 5.41 Å². The number of hydrogen-bond acceptors (Lipinski definition) is 4. The van der Waals surface area contributed by atoms with E-state index in [1.165, 1.54) is 0 Å². The largest absolute Gasteiger partial charge is 0.481 e. The summed E-state index contributed by atoms with van der Waals surface area (Å²) < 4.78 is 4.98. The van der Waals surface area contributed by atoms with Gasteiger partial charge < -0.3 is 14.5 Å². The van der Waals surface area contributed by atoms with Crippen LogP contribution in [0.2, 0.25) is 0 Å². The number of nitrogens with zero attached hydrogens (tertiary/aromatic N) is 2. The van der Waals surface area contributed by atoms with Crippen molar-refractivity contribution in [3.05, 3.63) is 11.8 Å². The SMILES string of the molecule is CN(C)c1cc(C(C)(C)C(=O)O)on1. The average molecular weight is 198 g/mol. The normalized spacial score (nSPS) is 11.4. The van der Waals surface area contributed by atoms with Crippen LogP contribution in [0.3, 0.4) is 0 Å². The smallest absolute Gasteiger partial charge is 0.316 e. The van der Waals surface area contributed by atoms with E-state index in [9.17, 15) is 4.79 Å². The summed E-state index contributed by atoms with van der Waals surface area (Å²) in [5, 5.41) is 12.7. The van der Waals surface area contributed by atoms with E-state index in [0.717, 1.165) is 0 Å². The number of anilines is 1. The van der Waals surface area contributed by atoms with Crippen molar-refractivity contribution in [1.82, 2.24) is 5.16 Å². The lowest BCUT2D eigenvalue weighted by molar-refractivity contribution is -0.143. The van der Waals surface area contributed by atoms with E-state index in [4.69, 9.17) is 9.63 Å². The molecule has 1 rings (SSSR count). The zero-order chi connectivity index (χ0) is 10.9. The molecule has 0 aliphatic carbocycles. The maximum Gasteiger partial charge on any atom is 0.316 e. The zero-order valence-electron chi connectivity index (χ0n) is 8.74. The molecule has 1 N–H and O–H groups in total.